The van der Waals surface area contributed by atoms with E-state index in [1.807, 2.05) is 32.0 Å². The van der Waals surface area contributed by atoms with Crippen molar-refractivity contribution in [2.45, 2.75) is 58.8 Å². The normalized spacial score (nSPS) is 18.7. The number of benzene rings is 1. The summed E-state index contributed by atoms with van der Waals surface area (Å²) in [7, 11) is 1.58. The number of aryl methyl sites for hydroxylation is 1. The fourth-order valence-electron chi connectivity index (χ4n) is 4.45. The Morgan fingerprint density at radius 2 is 2.03 bits per heavy atom. The summed E-state index contributed by atoms with van der Waals surface area (Å²) < 4.78 is 10.8. The van der Waals surface area contributed by atoms with Gasteiger partial charge < -0.3 is 14.4 Å². The van der Waals surface area contributed by atoms with Gasteiger partial charge in [-0.05, 0) is 36.8 Å². The Hall–Kier alpha value is -3.22. The van der Waals surface area contributed by atoms with E-state index in [0.29, 0.717) is 79.1 Å². The van der Waals surface area contributed by atoms with Crippen molar-refractivity contribution in [2.24, 2.45) is 10.4 Å². The number of Topliss-reactive ketones (excluding diaryl/α,β-unsaturated/α-hetero) is 2. The molecule has 0 fully saturated rings. The molecule has 0 unspecified atom stereocenters. The van der Waals surface area contributed by atoms with Crippen molar-refractivity contribution in [1.29, 1.82) is 0 Å². The summed E-state index contributed by atoms with van der Waals surface area (Å²) in [5.41, 5.74) is 2.40. The SMILES string of the molecule is COc1cccc(N=C(CCc2noc3c2C(=O)CC(C)(C)C3)C2=C(O)CCCC2=O)c1. The molecule has 32 heavy (non-hydrogen) atoms. The number of hydrogen-bond acceptors (Lipinski definition) is 7. The highest BCUT2D eigenvalue weighted by atomic mass is 16.5. The molecule has 0 spiro atoms. The van der Waals surface area contributed by atoms with E-state index in [1.54, 1.807) is 13.2 Å². The number of allylic oxidation sites excluding steroid dienone is 2. The smallest absolute Gasteiger partial charge is 0.168 e. The van der Waals surface area contributed by atoms with Crippen LogP contribution in [0, 0.1) is 5.41 Å². The van der Waals surface area contributed by atoms with E-state index in [0.717, 1.165) is 0 Å². The summed E-state index contributed by atoms with van der Waals surface area (Å²) >= 11 is 0. The van der Waals surface area contributed by atoms with Gasteiger partial charge in [0.25, 0.3) is 0 Å². The number of ether oxygens (including phenoxy) is 1. The maximum atomic E-state index is 12.7. The number of aliphatic hydroxyl groups excluding tert-OH is 1. The van der Waals surface area contributed by atoms with Crippen LogP contribution < -0.4 is 4.74 Å². The number of rotatable bonds is 6. The third-order valence-corrected chi connectivity index (χ3v) is 5.98. The molecule has 2 aliphatic carbocycles. The summed E-state index contributed by atoms with van der Waals surface area (Å²) in [6.45, 7) is 4.08. The summed E-state index contributed by atoms with van der Waals surface area (Å²) in [6, 6.07) is 7.22. The summed E-state index contributed by atoms with van der Waals surface area (Å²) in [4.78, 5) is 30.1. The Labute approximate surface area is 187 Å². The number of ketones is 2. The first-order valence-corrected chi connectivity index (χ1v) is 11.0. The van der Waals surface area contributed by atoms with Crippen LogP contribution in [-0.4, -0.2) is 34.7 Å². The molecule has 7 heteroatoms. The molecule has 1 aromatic carbocycles. The molecule has 168 valence electrons. The highest BCUT2D eigenvalue weighted by molar-refractivity contribution is 6.23. The Balaban J connectivity index is 1.67. The highest BCUT2D eigenvalue weighted by Crippen LogP contribution is 2.36. The zero-order valence-corrected chi connectivity index (χ0v) is 18.7. The van der Waals surface area contributed by atoms with Crippen molar-refractivity contribution < 1.29 is 24.0 Å². The van der Waals surface area contributed by atoms with E-state index in [-0.39, 0.29) is 28.3 Å². The molecule has 2 aromatic rings. The zero-order chi connectivity index (χ0) is 22.9. The molecule has 7 nitrogen and oxygen atoms in total. The quantitative estimate of drug-likeness (QED) is 0.632. The molecule has 0 saturated heterocycles. The topological polar surface area (TPSA) is 102 Å². The van der Waals surface area contributed by atoms with Crippen molar-refractivity contribution >= 4 is 23.0 Å². The largest absolute Gasteiger partial charge is 0.511 e. The molecule has 1 aromatic heterocycles. The van der Waals surface area contributed by atoms with Crippen LogP contribution in [0.3, 0.4) is 0 Å². The molecule has 4 rings (SSSR count). The number of methoxy groups -OCH3 is 1. The van der Waals surface area contributed by atoms with Crippen LogP contribution in [0.5, 0.6) is 5.75 Å². The van der Waals surface area contributed by atoms with Gasteiger partial charge in [0.05, 0.1) is 35.3 Å². The number of carbonyl (C=O) groups excluding carboxylic acids is 2. The van der Waals surface area contributed by atoms with Gasteiger partial charge in [-0.2, -0.15) is 0 Å². The number of aliphatic hydroxyl groups is 1. The predicted octanol–water partition coefficient (Wildman–Crippen LogP) is 5.11. The predicted molar refractivity (Wildman–Crippen MR) is 120 cm³/mol. The number of carbonyl (C=O) groups is 2. The second kappa shape index (κ2) is 8.73. The summed E-state index contributed by atoms with van der Waals surface area (Å²) in [5, 5.41) is 14.7. The first kappa shape index (κ1) is 22.0. The molecular formula is C25H28N2O5. The van der Waals surface area contributed by atoms with Gasteiger partial charge in [0.15, 0.2) is 11.6 Å². The van der Waals surface area contributed by atoms with E-state index in [9.17, 15) is 14.7 Å². The van der Waals surface area contributed by atoms with Crippen LogP contribution in [0.2, 0.25) is 0 Å². The van der Waals surface area contributed by atoms with E-state index >= 15 is 0 Å². The minimum atomic E-state index is -0.148. The van der Waals surface area contributed by atoms with Gasteiger partial charge in [0.1, 0.15) is 17.3 Å². The zero-order valence-electron chi connectivity index (χ0n) is 18.7. The molecule has 1 N–H and O–H groups in total. The van der Waals surface area contributed by atoms with E-state index in [2.05, 4.69) is 5.16 Å². The summed E-state index contributed by atoms with van der Waals surface area (Å²) in [5.74, 6) is 1.27. The second-order valence-electron chi connectivity index (χ2n) is 9.23. The fourth-order valence-corrected chi connectivity index (χ4v) is 4.45. The lowest BCUT2D eigenvalue weighted by Crippen LogP contribution is -2.26. The number of aliphatic imine (C=N–C) groups is 1. The van der Waals surface area contributed by atoms with Crippen molar-refractivity contribution in [3.8, 4) is 5.75 Å². The molecule has 2 aliphatic rings. The Kier molecular flexibility index (Phi) is 6.00. The standard InChI is InChI=1S/C25H28N2O5/c1-25(2)13-21(30)24-18(27-32-22(24)14-25)11-10-17(23-19(28)8-5-9-20(23)29)26-15-6-4-7-16(12-15)31-3/h4,6-7,12,28H,5,8-11,13-14H2,1-3H3. The molecule has 0 radical (unpaired) electrons. The van der Waals surface area contributed by atoms with Gasteiger partial charge in [-0.25, -0.2) is 0 Å². The molecule has 0 amide bonds. The van der Waals surface area contributed by atoms with Gasteiger partial charge in [-0.3, -0.25) is 14.6 Å². The second-order valence-corrected chi connectivity index (χ2v) is 9.23. The highest BCUT2D eigenvalue weighted by Gasteiger charge is 2.36. The lowest BCUT2D eigenvalue weighted by Gasteiger charge is -2.26. The Bertz CT molecular complexity index is 1120. The minimum absolute atomic E-state index is 0.0367. The van der Waals surface area contributed by atoms with Crippen LogP contribution in [0.4, 0.5) is 5.69 Å². The van der Waals surface area contributed by atoms with Gasteiger partial charge in [0.2, 0.25) is 0 Å². The van der Waals surface area contributed by atoms with E-state index < -0.39 is 0 Å². The maximum Gasteiger partial charge on any atom is 0.168 e. The van der Waals surface area contributed by atoms with Gasteiger partial charge in [-0.1, -0.05) is 25.1 Å². The molecular weight excluding hydrogens is 408 g/mol. The number of hydrogen-bond donors (Lipinski definition) is 1. The van der Waals surface area contributed by atoms with Crippen molar-refractivity contribution in [3.05, 3.63) is 52.6 Å². The van der Waals surface area contributed by atoms with Gasteiger partial charge in [0, 0.05) is 31.7 Å². The first-order chi connectivity index (χ1) is 15.3. The summed E-state index contributed by atoms with van der Waals surface area (Å²) in [6.07, 6.45) is 3.30. The monoisotopic (exact) mass is 436 g/mol. The molecule has 0 bridgehead atoms. The molecule has 1 heterocycles. The Morgan fingerprint density at radius 1 is 1.22 bits per heavy atom. The van der Waals surface area contributed by atoms with E-state index in [4.69, 9.17) is 14.3 Å². The Morgan fingerprint density at radius 3 is 2.78 bits per heavy atom. The van der Waals surface area contributed by atoms with Crippen LogP contribution in [0.15, 0.2) is 45.1 Å². The first-order valence-electron chi connectivity index (χ1n) is 11.0. The number of aromatic nitrogens is 1. The lowest BCUT2D eigenvalue weighted by atomic mass is 9.76. The third kappa shape index (κ3) is 4.52. The average Bonchev–Trinajstić information content (AvgIpc) is 3.13. The number of nitrogens with zero attached hydrogens (tertiary/aromatic N) is 2. The minimum Gasteiger partial charge on any atom is -0.511 e. The molecule has 0 atom stereocenters. The average molecular weight is 437 g/mol. The van der Waals surface area contributed by atoms with Crippen molar-refractivity contribution in [2.75, 3.05) is 7.11 Å². The third-order valence-electron chi connectivity index (χ3n) is 5.98. The van der Waals surface area contributed by atoms with Crippen LogP contribution in [-0.2, 0) is 17.6 Å². The van der Waals surface area contributed by atoms with Crippen LogP contribution in [0.25, 0.3) is 0 Å². The number of fused-ring (bicyclic) bond motifs is 1. The van der Waals surface area contributed by atoms with Crippen molar-refractivity contribution in [3.63, 3.8) is 0 Å². The fraction of sp³-hybridized carbons (Fsp3) is 0.440. The maximum absolute atomic E-state index is 12.7. The van der Waals surface area contributed by atoms with Gasteiger partial charge in [-0.15, -0.1) is 0 Å². The lowest BCUT2D eigenvalue weighted by molar-refractivity contribution is -0.115. The molecule has 0 aliphatic heterocycles. The van der Waals surface area contributed by atoms with E-state index in [1.165, 1.54) is 0 Å². The van der Waals surface area contributed by atoms with Crippen LogP contribution in [0.1, 0.15) is 67.8 Å². The van der Waals surface area contributed by atoms with Gasteiger partial charge >= 0.3 is 0 Å². The van der Waals surface area contributed by atoms with Crippen LogP contribution >= 0.6 is 0 Å². The van der Waals surface area contributed by atoms with Crippen molar-refractivity contribution in [1.82, 2.24) is 5.16 Å². The molecule has 0 saturated carbocycles.